The first-order valence-corrected chi connectivity index (χ1v) is 9.72. The maximum atomic E-state index is 12.2. The number of unbranched alkanes of at least 4 members (excludes halogenated alkanes) is 1. The smallest absolute Gasteiger partial charge is 0.241 e. The van der Waals surface area contributed by atoms with Gasteiger partial charge in [-0.1, -0.05) is 25.5 Å². The number of aryl methyl sites for hydroxylation is 1. The second-order valence-corrected chi connectivity index (χ2v) is 6.74. The number of nitrogens with two attached hydrogens (primary N) is 1. The summed E-state index contributed by atoms with van der Waals surface area (Å²) < 4.78 is 2.15. The van der Waals surface area contributed by atoms with Gasteiger partial charge in [0, 0.05) is 30.2 Å². The Morgan fingerprint density at radius 3 is 3.04 bits per heavy atom. The molecule has 24 heavy (non-hydrogen) atoms. The fraction of sp³-hybridized carbons (Fsp3) is 0.444. The van der Waals surface area contributed by atoms with E-state index in [4.69, 9.17) is 5.73 Å². The third-order valence-corrected chi connectivity index (χ3v) is 4.47. The Morgan fingerprint density at radius 2 is 2.29 bits per heavy atom. The Balaban J connectivity index is 2.09. The standard InChI is InChI=1S/C18H26N4OS/c1-3-4-10-22-11-9-20-17(22)14-6-5-7-15(13-14)21-18(23)16(19)8-12-24-2/h5-7,9,11,13,16H,3-4,8,10,12,19H2,1-2H3,(H,21,23)/t16-/m0/s1. The van der Waals surface area contributed by atoms with Crippen LogP contribution in [0.25, 0.3) is 11.4 Å². The second kappa shape index (κ2) is 9.49. The van der Waals surface area contributed by atoms with E-state index in [9.17, 15) is 4.79 Å². The van der Waals surface area contributed by atoms with E-state index in [1.807, 2.05) is 42.9 Å². The summed E-state index contributed by atoms with van der Waals surface area (Å²) in [4.78, 5) is 16.6. The van der Waals surface area contributed by atoms with E-state index in [0.29, 0.717) is 6.42 Å². The van der Waals surface area contributed by atoms with E-state index in [1.54, 1.807) is 11.8 Å². The minimum Gasteiger partial charge on any atom is -0.331 e. The van der Waals surface area contributed by atoms with Gasteiger partial charge < -0.3 is 15.6 Å². The molecular weight excluding hydrogens is 320 g/mol. The van der Waals surface area contributed by atoms with Gasteiger partial charge >= 0.3 is 0 Å². The molecular formula is C18H26N4OS. The lowest BCUT2D eigenvalue weighted by Crippen LogP contribution is -2.36. The highest BCUT2D eigenvalue weighted by Gasteiger charge is 2.14. The van der Waals surface area contributed by atoms with Gasteiger partial charge in [-0.15, -0.1) is 0 Å². The van der Waals surface area contributed by atoms with E-state index < -0.39 is 6.04 Å². The Kier molecular flexibility index (Phi) is 7.34. The number of aromatic nitrogens is 2. The number of nitrogens with one attached hydrogen (secondary N) is 1. The summed E-state index contributed by atoms with van der Waals surface area (Å²) in [5.74, 6) is 1.66. The fourth-order valence-electron chi connectivity index (χ4n) is 2.43. The molecule has 1 amide bonds. The molecule has 2 aromatic rings. The number of carbonyl (C=O) groups excluding carboxylic acids is 1. The lowest BCUT2D eigenvalue weighted by Gasteiger charge is -2.13. The number of imidazole rings is 1. The zero-order valence-electron chi connectivity index (χ0n) is 14.4. The van der Waals surface area contributed by atoms with Crippen LogP contribution in [0, 0.1) is 0 Å². The molecule has 0 fully saturated rings. The lowest BCUT2D eigenvalue weighted by molar-refractivity contribution is -0.117. The van der Waals surface area contributed by atoms with Crippen LogP contribution in [0.5, 0.6) is 0 Å². The number of thioether (sulfide) groups is 1. The summed E-state index contributed by atoms with van der Waals surface area (Å²) in [6.45, 7) is 3.12. The first-order valence-electron chi connectivity index (χ1n) is 8.32. The highest BCUT2D eigenvalue weighted by Crippen LogP contribution is 2.22. The Labute approximate surface area is 148 Å². The largest absolute Gasteiger partial charge is 0.331 e. The van der Waals surface area contributed by atoms with E-state index in [-0.39, 0.29) is 5.91 Å². The Morgan fingerprint density at radius 1 is 1.46 bits per heavy atom. The number of anilines is 1. The molecule has 1 atom stereocenters. The molecule has 0 bridgehead atoms. The zero-order valence-corrected chi connectivity index (χ0v) is 15.2. The quantitative estimate of drug-likeness (QED) is 0.730. The van der Waals surface area contributed by atoms with Gasteiger partial charge in [0.2, 0.25) is 5.91 Å². The number of amides is 1. The number of hydrogen-bond donors (Lipinski definition) is 2. The van der Waals surface area contributed by atoms with Crippen molar-refractivity contribution in [2.45, 2.75) is 38.8 Å². The monoisotopic (exact) mass is 346 g/mol. The predicted octanol–water partition coefficient (Wildman–Crippen LogP) is 3.37. The molecule has 1 aromatic heterocycles. The van der Waals surface area contributed by atoms with Gasteiger partial charge in [-0.25, -0.2) is 4.98 Å². The SMILES string of the molecule is CCCCn1ccnc1-c1cccc(NC(=O)[C@@H](N)CCSC)c1. The zero-order chi connectivity index (χ0) is 17.4. The molecule has 0 radical (unpaired) electrons. The van der Waals surface area contributed by atoms with E-state index in [0.717, 1.165) is 42.2 Å². The van der Waals surface area contributed by atoms with Crippen LogP contribution in [-0.4, -0.2) is 33.5 Å². The van der Waals surface area contributed by atoms with Gasteiger partial charge in [0.15, 0.2) is 0 Å². The van der Waals surface area contributed by atoms with Crippen LogP contribution < -0.4 is 11.1 Å². The molecule has 3 N–H and O–H groups in total. The van der Waals surface area contributed by atoms with Crippen LogP contribution >= 0.6 is 11.8 Å². The van der Waals surface area contributed by atoms with Crippen molar-refractivity contribution in [2.75, 3.05) is 17.3 Å². The van der Waals surface area contributed by atoms with Gasteiger partial charge in [-0.2, -0.15) is 11.8 Å². The average molecular weight is 347 g/mol. The number of carbonyl (C=O) groups is 1. The summed E-state index contributed by atoms with van der Waals surface area (Å²) in [5.41, 5.74) is 7.67. The lowest BCUT2D eigenvalue weighted by atomic mass is 10.1. The van der Waals surface area contributed by atoms with Gasteiger partial charge in [0.25, 0.3) is 0 Å². The van der Waals surface area contributed by atoms with Crippen molar-refractivity contribution in [1.29, 1.82) is 0 Å². The molecule has 0 unspecified atom stereocenters. The minimum atomic E-state index is -0.479. The average Bonchev–Trinajstić information content (AvgIpc) is 3.06. The second-order valence-electron chi connectivity index (χ2n) is 5.76. The number of nitrogens with zero attached hydrogens (tertiary/aromatic N) is 2. The first kappa shape index (κ1) is 18.5. The van der Waals surface area contributed by atoms with Crippen molar-refractivity contribution in [2.24, 2.45) is 5.73 Å². The van der Waals surface area contributed by atoms with Crippen molar-refractivity contribution in [3.8, 4) is 11.4 Å². The van der Waals surface area contributed by atoms with Crippen molar-refractivity contribution < 1.29 is 4.79 Å². The van der Waals surface area contributed by atoms with Crippen molar-refractivity contribution in [1.82, 2.24) is 9.55 Å². The predicted molar refractivity (Wildman–Crippen MR) is 102 cm³/mol. The third-order valence-electron chi connectivity index (χ3n) is 3.83. The van der Waals surface area contributed by atoms with E-state index in [1.165, 1.54) is 0 Å². The van der Waals surface area contributed by atoms with Crippen molar-refractivity contribution in [3.63, 3.8) is 0 Å². The van der Waals surface area contributed by atoms with Crippen LogP contribution in [0.2, 0.25) is 0 Å². The van der Waals surface area contributed by atoms with E-state index >= 15 is 0 Å². The van der Waals surface area contributed by atoms with Gasteiger partial charge in [-0.3, -0.25) is 4.79 Å². The highest BCUT2D eigenvalue weighted by atomic mass is 32.2. The normalized spacial score (nSPS) is 12.1. The molecule has 0 aliphatic heterocycles. The number of benzene rings is 1. The van der Waals surface area contributed by atoms with Gasteiger partial charge in [0.05, 0.1) is 6.04 Å². The molecule has 0 saturated heterocycles. The summed E-state index contributed by atoms with van der Waals surface area (Å²) >= 11 is 1.69. The summed E-state index contributed by atoms with van der Waals surface area (Å²) in [5, 5.41) is 2.91. The number of hydrogen-bond acceptors (Lipinski definition) is 4. The molecule has 0 saturated carbocycles. The molecule has 0 aliphatic carbocycles. The van der Waals surface area contributed by atoms with E-state index in [2.05, 4.69) is 21.8 Å². The maximum absolute atomic E-state index is 12.2. The van der Waals surface area contributed by atoms with Crippen LogP contribution in [0.15, 0.2) is 36.7 Å². The van der Waals surface area contributed by atoms with Crippen molar-refractivity contribution >= 4 is 23.4 Å². The van der Waals surface area contributed by atoms with Gasteiger partial charge in [0.1, 0.15) is 5.82 Å². The highest BCUT2D eigenvalue weighted by molar-refractivity contribution is 7.98. The number of rotatable bonds is 9. The molecule has 5 nitrogen and oxygen atoms in total. The topological polar surface area (TPSA) is 72.9 Å². The summed E-state index contributed by atoms with van der Waals surface area (Å²) in [7, 11) is 0. The molecule has 1 aromatic carbocycles. The summed E-state index contributed by atoms with van der Waals surface area (Å²) in [6.07, 6.45) is 8.75. The maximum Gasteiger partial charge on any atom is 0.241 e. The van der Waals surface area contributed by atoms with Crippen LogP contribution in [-0.2, 0) is 11.3 Å². The Bertz CT molecular complexity index is 656. The summed E-state index contributed by atoms with van der Waals surface area (Å²) in [6, 6.07) is 7.28. The van der Waals surface area contributed by atoms with Crippen molar-refractivity contribution in [3.05, 3.63) is 36.7 Å². The molecule has 0 aliphatic rings. The van der Waals surface area contributed by atoms with Crippen LogP contribution in [0.3, 0.4) is 0 Å². The van der Waals surface area contributed by atoms with Crippen LogP contribution in [0.1, 0.15) is 26.2 Å². The molecule has 0 spiro atoms. The molecule has 1 heterocycles. The first-order chi connectivity index (χ1) is 11.7. The molecule has 6 heteroatoms. The molecule has 2 rings (SSSR count). The molecule has 130 valence electrons. The van der Waals surface area contributed by atoms with Crippen LogP contribution in [0.4, 0.5) is 5.69 Å². The fourth-order valence-corrected chi connectivity index (χ4v) is 2.91. The Hall–Kier alpha value is -1.79. The van der Waals surface area contributed by atoms with Gasteiger partial charge in [-0.05, 0) is 37.0 Å². The third kappa shape index (κ3) is 5.11. The minimum absolute atomic E-state index is 0.143.